The lowest BCUT2D eigenvalue weighted by molar-refractivity contribution is 0.176. The number of aliphatic hydroxyl groups excluding tert-OH is 1. The molecule has 1 N–H and O–H groups in total. The fourth-order valence-corrected chi connectivity index (χ4v) is 2.82. The fourth-order valence-electron chi connectivity index (χ4n) is 1.79. The van der Waals surface area contributed by atoms with Crippen LogP contribution >= 0.6 is 34.2 Å². The van der Waals surface area contributed by atoms with Crippen molar-refractivity contribution >= 4 is 34.2 Å². The van der Waals surface area contributed by atoms with Crippen molar-refractivity contribution < 1.29 is 13.9 Å². The van der Waals surface area contributed by atoms with Crippen LogP contribution in [0.3, 0.4) is 0 Å². The van der Waals surface area contributed by atoms with Crippen LogP contribution in [0.25, 0.3) is 0 Å². The summed E-state index contributed by atoms with van der Waals surface area (Å²) in [4.78, 5) is 0. The molecule has 0 aliphatic carbocycles. The lowest BCUT2D eigenvalue weighted by atomic mass is 10.0. The molecule has 0 saturated carbocycles. The van der Waals surface area contributed by atoms with Gasteiger partial charge in [0, 0.05) is 15.0 Å². The Morgan fingerprint density at radius 3 is 2.58 bits per heavy atom. The molecule has 0 heterocycles. The average Bonchev–Trinajstić information content (AvgIpc) is 2.33. The molecule has 1 unspecified atom stereocenters. The van der Waals surface area contributed by atoms with Gasteiger partial charge in [-0.25, -0.2) is 8.78 Å². The Morgan fingerprint density at radius 1 is 1.16 bits per heavy atom. The molecule has 0 fully saturated rings. The van der Waals surface area contributed by atoms with E-state index in [2.05, 4.69) is 0 Å². The van der Waals surface area contributed by atoms with Gasteiger partial charge < -0.3 is 5.11 Å². The molecule has 19 heavy (non-hydrogen) atoms. The second-order valence-corrected chi connectivity index (χ2v) is 5.72. The maximum Gasteiger partial charge on any atom is 0.126 e. The lowest BCUT2D eigenvalue weighted by Crippen LogP contribution is -2.05. The van der Waals surface area contributed by atoms with Gasteiger partial charge in [-0.15, -0.1) is 0 Å². The molecule has 5 heteroatoms. The topological polar surface area (TPSA) is 20.2 Å². The Balaban J connectivity index is 2.25. The molecule has 0 radical (unpaired) electrons. The molecule has 1 atom stereocenters. The van der Waals surface area contributed by atoms with E-state index in [0.717, 1.165) is 0 Å². The predicted octanol–water partition coefficient (Wildman–Crippen LogP) is 4.50. The van der Waals surface area contributed by atoms with Crippen molar-refractivity contribution in [2.75, 3.05) is 0 Å². The second kappa shape index (κ2) is 6.15. The molecule has 2 rings (SSSR count). The quantitative estimate of drug-likeness (QED) is 0.760. The minimum atomic E-state index is -0.902. The number of halogens is 4. The van der Waals surface area contributed by atoms with E-state index in [9.17, 15) is 13.9 Å². The molecule has 0 spiro atoms. The summed E-state index contributed by atoms with van der Waals surface area (Å²) < 4.78 is 27.2. The summed E-state index contributed by atoms with van der Waals surface area (Å²) in [6.07, 6.45) is -0.811. The summed E-state index contributed by atoms with van der Waals surface area (Å²) in [7, 11) is 0. The molecule has 0 saturated heterocycles. The van der Waals surface area contributed by atoms with Gasteiger partial charge in [0.05, 0.1) is 6.10 Å². The van der Waals surface area contributed by atoms with Crippen LogP contribution in [0.1, 0.15) is 17.2 Å². The molecule has 0 aliphatic rings. The van der Waals surface area contributed by atoms with Gasteiger partial charge in [-0.2, -0.15) is 0 Å². The van der Waals surface area contributed by atoms with E-state index in [0.29, 0.717) is 19.7 Å². The van der Waals surface area contributed by atoms with Crippen LogP contribution in [0.2, 0.25) is 5.02 Å². The van der Waals surface area contributed by atoms with Crippen LogP contribution in [0.15, 0.2) is 36.4 Å². The SMILES string of the molecule is OC(Cc1cc(Cl)ccc1F)c1ccc(F)cc1I. The van der Waals surface area contributed by atoms with Gasteiger partial charge in [-0.1, -0.05) is 17.7 Å². The van der Waals surface area contributed by atoms with E-state index in [1.807, 2.05) is 22.6 Å². The van der Waals surface area contributed by atoms with Crippen molar-refractivity contribution in [1.82, 2.24) is 0 Å². The van der Waals surface area contributed by atoms with Crippen LogP contribution in [0.4, 0.5) is 8.78 Å². The predicted molar refractivity (Wildman–Crippen MR) is 79.2 cm³/mol. The molecule has 2 aromatic carbocycles. The molecule has 2 aromatic rings. The molecular formula is C14H10ClF2IO. The molecule has 0 bridgehead atoms. The minimum Gasteiger partial charge on any atom is -0.388 e. The zero-order chi connectivity index (χ0) is 14.0. The Hall–Kier alpha value is -0.720. The third-order valence-corrected chi connectivity index (χ3v) is 3.91. The van der Waals surface area contributed by atoms with Crippen molar-refractivity contribution in [3.05, 3.63) is 67.8 Å². The van der Waals surface area contributed by atoms with Gasteiger partial charge in [0.2, 0.25) is 0 Å². The molecule has 0 aliphatic heterocycles. The highest BCUT2D eigenvalue weighted by Crippen LogP contribution is 2.26. The van der Waals surface area contributed by atoms with E-state index in [1.54, 1.807) is 0 Å². The zero-order valence-corrected chi connectivity index (χ0v) is 12.6. The first-order valence-corrected chi connectivity index (χ1v) is 7.00. The van der Waals surface area contributed by atoms with Gasteiger partial charge in [-0.05, 0) is 64.0 Å². The maximum atomic E-state index is 13.6. The van der Waals surface area contributed by atoms with Crippen LogP contribution < -0.4 is 0 Å². The van der Waals surface area contributed by atoms with E-state index in [4.69, 9.17) is 11.6 Å². The van der Waals surface area contributed by atoms with E-state index >= 15 is 0 Å². The van der Waals surface area contributed by atoms with Crippen molar-refractivity contribution in [3.63, 3.8) is 0 Å². The van der Waals surface area contributed by atoms with Gasteiger partial charge in [0.25, 0.3) is 0 Å². The van der Waals surface area contributed by atoms with Crippen LogP contribution in [0.5, 0.6) is 0 Å². The first-order chi connectivity index (χ1) is 8.97. The van der Waals surface area contributed by atoms with E-state index < -0.39 is 11.9 Å². The first-order valence-electron chi connectivity index (χ1n) is 5.54. The van der Waals surface area contributed by atoms with Crippen LogP contribution in [0, 0.1) is 15.2 Å². The summed E-state index contributed by atoms with van der Waals surface area (Å²) in [5.41, 5.74) is 0.904. The van der Waals surface area contributed by atoms with Crippen molar-refractivity contribution in [2.24, 2.45) is 0 Å². The highest BCUT2D eigenvalue weighted by atomic mass is 127. The number of benzene rings is 2. The Morgan fingerprint density at radius 2 is 1.89 bits per heavy atom. The summed E-state index contributed by atoms with van der Waals surface area (Å²) >= 11 is 7.74. The Bertz CT molecular complexity index is 604. The molecular weight excluding hydrogens is 385 g/mol. The van der Waals surface area contributed by atoms with Crippen LogP contribution in [-0.4, -0.2) is 5.11 Å². The molecule has 0 amide bonds. The van der Waals surface area contributed by atoms with Crippen LogP contribution in [-0.2, 0) is 6.42 Å². The fraction of sp³-hybridized carbons (Fsp3) is 0.143. The maximum absolute atomic E-state index is 13.6. The Labute approximate surface area is 128 Å². The zero-order valence-electron chi connectivity index (χ0n) is 9.71. The number of rotatable bonds is 3. The van der Waals surface area contributed by atoms with Gasteiger partial charge in [0.15, 0.2) is 0 Å². The number of aliphatic hydroxyl groups is 1. The van der Waals surface area contributed by atoms with Crippen molar-refractivity contribution in [1.29, 1.82) is 0 Å². The van der Waals surface area contributed by atoms with Crippen molar-refractivity contribution in [3.8, 4) is 0 Å². The summed E-state index contributed by atoms with van der Waals surface area (Å²) in [6.45, 7) is 0. The highest BCUT2D eigenvalue weighted by Gasteiger charge is 2.15. The molecule has 0 aromatic heterocycles. The summed E-state index contributed by atoms with van der Waals surface area (Å²) in [5.74, 6) is -0.783. The summed E-state index contributed by atoms with van der Waals surface area (Å²) in [5, 5.41) is 10.5. The van der Waals surface area contributed by atoms with Gasteiger partial charge in [-0.3, -0.25) is 0 Å². The first kappa shape index (κ1) is 14.7. The third kappa shape index (κ3) is 3.64. The number of hydrogen-bond acceptors (Lipinski definition) is 1. The van der Waals surface area contributed by atoms with E-state index in [-0.39, 0.29) is 12.2 Å². The third-order valence-electron chi connectivity index (χ3n) is 2.74. The smallest absolute Gasteiger partial charge is 0.126 e. The summed E-state index contributed by atoms with van der Waals surface area (Å²) in [6, 6.07) is 8.30. The minimum absolute atomic E-state index is 0.0913. The second-order valence-electron chi connectivity index (χ2n) is 4.12. The molecule has 1 nitrogen and oxygen atoms in total. The average molecular weight is 395 g/mol. The van der Waals surface area contributed by atoms with Gasteiger partial charge in [0.1, 0.15) is 11.6 Å². The lowest BCUT2D eigenvalue weighted by Gasteiger charge is -2.14. The largest absolute Gasteiger partial charge is 0.388 e. The highest BCUT2D eigenvalue weighted by molar-refractivity contribution is 14.1. The standard InChI is InChI=1S/C14H10ClF2IO/c15-9-1-4-12(17)8(5-9)6-14(19)11-3-2-10(16)7-13(11)18/h1-5,7,14,19H,6H2. The Kier molecular flexibility index (Phi) is 4.76. The molecule has 100 valence electrons. The number of hydrogen-bond donors (Lipinski definition) is 1. The van der Waals surface area contributed by atoms with Crippen molar-refractivity contribution in [2.45, 2.75) is 12.5 Å². The monoisotopic (exact) mass is 394 g/mol. The normalized spacial score (nSPS) is 12.5. The van der Waals surface area contributed by atoms with E-state index in [1.165, 1.54) is 36.4 Å². The van der Waals surface area contributed by atoms with Gasteiger partial charge >= 0.3 is 0 Å².